The van der Waals surface area contributed by atoms with Crippen molar-refractivity contribution in [3.05, 3.63) is 70.8 Å². The Bertz CT molecular complexity index is 875. The summed E-state index contributed by atoms with van der Waals surface area (Å²) in [6.07, 6.45) is 0.113. The topological polar surface area (TPSA) is 57.7 Å². The fourth-order valence-corrected chi connectivity index (χ4v) is 3.31. The second kappa shape index (κ2) is 7.58. The molecule has 0 radical (unpaired) electrons. The first-order chi connectivity index (χ1) is 13.2. The van der Waals surface area contributed by atoms with E-state index < -0.39 is 0 Å². The fraction of sp³-hybridized carbons (Fsp3) is 0.348. The summed E-state index contributed by atoms with van der Waals surface area (Å²) in [5, 5.41) is 0. The largest absolute Gasteiger partial charge is 0.341 e. The highest BCUT2D eigenvalue weighted by atomic mass is 16.2. The average Bonchev–Trinajstić information content (AvgIpc) is 2.90. The summed E-state index contributed by atoms with van der Waals surface area (Å²) in [6, 6.07) is 15.0. The maximum Gasteiger partial charge on any atom is 0.261 e. The van der Waals surface area contributed by atoms with Gasteiger partial charge in [-0.2, -0.15) is 0 Å². The molecule has 1 aliphatic heterocycles. The minimum Gasteiger partial charge on any atom is -0.341 e. The van der Waals surface area contributed by atoms with E-state index in [2.05, 4.69) is 32.9 Å². The van der Waals surface area contributed by atoms with E-state index in [1.165, 1.54) is 5.56 Å². The summed E-state index contributed by atoms with van der Waals surface area (Å²) < 4.78 is 0. The van der Waals surface area contributed by atoms with Gasteiger partial charge in [0.05, 0.1) is 11.1 Å². The molecule has 2 aromatic rings. The number of carbonyl (C=O) groups excluding carboxylic acids is 3. The molecule has 5 heteroatoms. The van der Waals surface area contributed by atoms with Crippen molar-refractivity contribution in [3.8, 4) is 0 Å². The maximum absolute atomic E-state index is 12.5. The van der Waals surface area contributed by atoms with Crippen LogP contribution in [0.2, 0.25) is 0 Å². The number of hydrogen-bond acceptors (Lipinski definition) is 3. The SMILES string of the molecule is CN(Cc1ccc(C(C)(C)C)cc1)C(=O)CCN1C(=O)c2ccccc2C1=O. The Morgan fingerprint density at radius 1 is 0.929 bits per heavy atom. The number of hydrogen-bond donors (Lipinski definition) is 0. The van der Waals surface area contributed by atoms with Crippen molar-refractivity contribution in [2.75, 3.05) is 13.6 Å². The number of benzene rings is 2. The molecule has 0 bridgehead atoms. The lowest BCUT2D eigenvalue weighted by Crippen LogP contribution is -2.35. The quantitative estimate of drug-likeness (QED) is 0.747. The molecule has 0 aromatic heterocycles. The van der Waals surface area contributed by atoms with Crippen molar-refractivity contribution in [2.45, 2.75) is 39.2 Å². The molecule has 0 atom stereocenters. The van der Waals surface area contributed by atoms with E-state index in [4.69, 9.17) is 0 Å². The van der Waals surface area contributed by atoms with Gasteiger partial charge in [-0.15, -0.1) is 0 Å². The fourth-order valence-electron chi connectivity index (χ4n) is 3.31. The highest BCUT2D eigenvalue weighted by Gasteiger charge is 2.35. The summed E-state index contributed by atoms with van der Waals surface area (Å²) in [6.45, 7) is 7.08. The van der Waals surface area contributed by atoms with Crippen molar-refractivity contribution in [1.29, 1.82) is 0 Å². The molecule has 3 amide bonds. The van der Waals surface area contributed by atoms with Crippen LogP contribution in [0.3, 0.4) is 0 Å². The van der Waals surface area contributed by atoms with Gasteiger partial charge in [0.2, 0.25) is 5.91 Å². The zero-order valence-electron chi connectivity index (χ0n) is 16.9. The number of rotatable bonds is 5. The molecule has 5 nitrogen and oxygen atoms in total. The van der Waals surface area contributed by atoms with Gasteiger partial charge in [0.25, 0.3) is 11.8 Å². The molecule has 0 N–H and O–H groups in total. The molecule has 1 heterocycles. The summed E-state index contributed by atoms with van der Waals surface area (Å²) in [5.41, 5.74) is 3.20. The molecule has 0 fully saturated rings. The molecule has 0 aliphatic carbocycles. The molecule has 0 saturated carbocycles. The molecule has 0 spiro atoms. The van der Waals surface area contributed by atoms with Gasteiger partial charge in [-0.3, -0.25) is 19.3 Å². The molecule has 146 valence electrons. The van der Waals surface area contributed by atoms with Gasteiger partial charge in [0, 0.05) is 26.6 Å². The van der Waals surface area contributed by atoms with Crippen LogP contribution in [0, 0.1) is 0 Å². The van der Waals surface area contributed by atoms with Gasteiger partial charge in [0.15, 0.2) is 0 Å². The van der Waals surface area contributed by atoms with Crippen molar-refractivity contribution < 1.29 is 14.4 Å². The number of fused-ring (bicyclic) bond motifs is 1. The molecule has 0 saturated heterocycles. The third-order valence-electron chi connectivity index (χ3n) is 5.09. The lowest BCUT2D eigenvalue weighted by Gasteiger charge is -2.21. The highest BCUT2D eigenvalue weighted by Crippen LogP contribution is 2.23. The van der Waals surface area contributed by atoms with Gasteiger partial charge < -0.3 is 4.90 Å². The summed E-state index contributed by atoms with van der Waals surface area (Å²) >= 11 is 0. The van der Waals surface area contributed by atoms with Gasteiger partial charge in [-0.25, -0.2) is 0 Å². The Balaban J connectivity index is 1.57. The van der Waals surface area contributed by atoms with Crippen molar-refractivity contribution in [3.63, 3.8) is 0 Å². The maximum atomic E-state index is 12.5. The second-order valence-electron chi connectivity index (χ2n) is 8.25. The lowest BCUT2D eigenvalue weighted by molar-refractivity contribution is -0.130. The lowest BCUT2D eigenvalue weighted by atomic mass is 9.87. The summed E-state index contributed by atoms with van der Waals surface area (Å²) in [4.78, 5) is 40.0. The number of carbonyl (C=O) groups is 3. The summed E-state index contributed by atoms with van der Waals surface area (Å²) in [5.74, 6) is -0.751. The number of nitrogens with zero attached hydrogens (tertiary/aromatic N) is 2. The average molecular weight is 378 g/mol. The Kier molecular flexibility index (Phi) is 5.36. The van der Waals surface area contributed by atoms with Crippen LogP contribution in [0.4, 0.5) is 0 Å². The molecular weight excluding hydrogens is 352 g/mol. The minimum atomic E-state index is -0.325. The van der Waals surface area contributed by atoms with Crippen LogP contribution in [0.15, 0.2) is 48.5 Å². The first kappa shape index (κ1) is 19.8. The predicted octanol–water partition coefficient (Wildman–Crippen LogP) is 3.63. The van der Waals surface area contributed by atoms with Crippen molar-refractivity contribution in [1.82, 2.24) is 9.80 Å². The second-order valence-corrected chi connectivity index (χ2v) is 8.25. The minimum absolute atomic E-state index is 0.0899. The predicted molar refractivity (Wildman–Crippen MR) is 108 cm³/mol. The van der Waals surface area contributed by atoms with Crippen LogP contribution in [-0.2, 0) is 16.8 Å². The molecule has 3 rings (SSSR count). The molecule has 0 unspecified atom stereocenters. The standard InChI is InChI=1S/C23H26N2O3/c1-23(2,3)17-11-9-16(10-12-17)15-24(4)20(26)13-14-25-21(27)18-7-5-6-8-19(18)22(25)28/h5-12H,13-15H2,1-4H3. The monoisotopic (exact) mass is 378 g/mol. The van der Waals surface area contributed by atoms with Crippen molar-refractivity contribution in [2.24, 2.45) is 0 Å². The Hall–Kier alpha value is -2.95. The van der Waals surface area contributed by atoms with Crippen LogP contribution < -0.4 is 0 Å². The van der Waals surface area contributed by atoms with Crippen LogP contribution in [0.5, 0.6) is 0 Å². The van der Waals surface area contributed by atoms with Crippen LogP contribution in [0.25, 0.3) is 0 Å². The van der Waals surface area contributed by atoms with E-state index in [9.17, 15) is 14.4 Å². The smallest absolute Gasteiger partial charge is 0.261 e. The van der Waals surface area contributed by atoms with Crippen LogP contribution in [0.1, 0.15) is 59.0 Å². The Morgan fingerprint density at radius 3 is 1.96 bits per heavy atom. The van der Waals surface area contributed by atoms with E-state index in [1.807, 2.05) is 12.1 Å². The number of imide groups is 1. The Labute approximate surface area is 166 Å². The van der Waals surface area contributed by atoms with Gasteiger partial charge in [-0.1, -0.05) is 57.2 Å². The third-order valence-corrected chi connectivity index (χ3v) is 5.09. The first-order valence-corrected chi connectivity index (χ1v) is 9.47. The summed E-state index contributed by atoms with van der Waals surface area (Å²) in [7, 11) is 1.74. The molecule has 28 heavy (non-hydrogen) atoms. The molecule has 1 aliphatic rings. The van der Waals surface area contributed by atoms with E-state index in [1.54, 1.807) is 36.2 Å². The molecule has 2 aromatic carbocycles. The highest BCUT2D eigenvalue weighted by molar-refractivity contribution is 6.21. The van der Waals surface area contributed by atoms with Crippen LogP contribution >= 0.6 is 0 Å². The zero-order chi connectivity index (χ0) is 20.5. The van der Waals surface area contributed by atoms with E-state index in [0.29, 0.717) is 17.7 Å². The van der Waals surface area contributed by atoms with E-state index in [0.717, 1.165) is 10.5 Å². The number of amides is 3. The zero-order valence-corrected chi connectivity index (χ0v) is 16.9. The van der Waals surface area contributed by atoms with Gasteiger partial charge >= 0.3 is 0 Å². The third kappa shape index (κ3) is 3.98. The van der Waals surface area contributed by atoms with E-state index >= 15 is 0 Å². The van der Waals surface area contributed by atoms with Crippen molar-refractivity contribution >= 4 is 17.7 Å². The normalized spacial score (nSPS) is 13.6. The molecular formula is C23H26N2O3. The van der Waals surface area contributed by atoms with Crippen LogP contribution in [-0.4, -0.2) is 41.1 Å². The van der Waals surface area contributed by atoms with Gasteiger partial charge in [-0.05, 0) is 28.7 Å². The van der Waals surface area contributed by atoms with E-state index in [-0.39, 0.29) is 36.1 Å². The Morgan fingerprint density at radius 2 is 1.46 bits per heavy atom. The first-order valence-electron chi connectivity index (χ1n) is 9.47. The van der Waals surface area contributed by atoms with Gasteiger partial charge in [0.1, 0.15) is 0 Å².